The molecule has 1 N–H and O–H groups in total. The van der Waals surface area contributed by atoms with Crippen LogP contribution in [0.15, 0.2) is 36.5 Å². The number of benzene rings is 1. The van der Waals surface area contributed by atoms with Crippen LogP contribution in [0.4, 0.5) is 5.95 Å². The molecule has 160 valence electrons. The zero-order valence-electron chi connectivity index (χ0n) is 17.3. The Morgan fingerprint density at radius 1 is 1.17 bits per heavy atom. The first-order chi connectivity index (χ1) is 14.5. The van der Waals surface area contributed by atoms with E-state index >= 15 is 0 Å². The summed E-state index contributed by atoms with van der Waals surface area (Å²) in [6.45, 7) is 0.854. The maximum Gasteiger partial charge on any atom is 0.248 e. The van der Waals surface area contributed by atoms with Gasteiger partial charge in [-0.2, -0.15) is 0 Å². The van der Waals surface area contributed by atoms with E-state index in [2.05, 4.69) is 15.3 Å². The second-order valence-corrected chi connectivity index (χ2v) is 7.48. The van der Waals surface area contributed by atoms with Gasteiger partial charge in [0.05, 0.1) is 32.1 Å². The molecule has 0 aliphatic carbocycles. The van der Waals surface area contributed by atoms with Gasteiger partial charge in [0.2, 0.25) is 11.9 Å². The Morgan fingerprint density at radius 3 is 2.67 bits per heavy atom. The molecule has 2 aromatic rings. The van der Waals surface area contributed by atoms with E-state index in [0.29, 0.717) is 19.2 Å². The Hall–Kier alpha value is -2.75. The summed E-state index contributed by atoms with van der Waals surface area (Å²) in [5.74, 6) is 1.21. The van der Waals surface area contributed by atoms with Gasteiger partial charge in [0, 0.05) is 25.9 Å². The summed E-state index contributed by atoms with van der Waals surface area (Å²) in [6.07, 6.45) is 1.05. The number of amides is 1. The van der Waals surface area contributed by atoms with Crippen LogP contribution in [0.2, 0.25) is 0 Å². The summed E-state index contributed by atoms with van der Waals surface area (Å²) in [5.41, 5.74) is 1.78. The summed E-state index contributed by atoms with van der Waals surface area (Å²) < 4.78 is 22.7. The molecule has 0 spiro atoms. The lowest BCUT2D eigenvalue weighted by molar-refractivity contribution is -0.137. The molecule has 3 heterocycles. The van der Waals surface area contributed by atoms with Crippen molar-refractivity contribution in [2.45, 2.75) is 24.4 Å². The largest absolute Gasteiger partial charge is 0.497 e. The van der Waals surface area contributed by atoms with E-state index in [0.717, 1.165) is 17.0 Å². The number of carbonyl (C=O) groups is 1. The van der Waals surface area contributed by atoms with Crippen molar-refractivity contribution in [2.75, 3.05) is 46.3 Å². The molecule has 0 radical (unpaired) electrons. The van der Waals surface area contributed by atoms with Crippen LogP contribution >= 0.6 is 0 Å². The predicted octanol–water partition coefficient (Wildman–Crippen LogP) is 1.20. The van der Waals surface area contributed by atoms with Crippen LogP contribution in [0.3, 0.4) is 0 Å². The summed E-state index contributed by atoms with van der Waals surface area (Å²) in [6, 6.07) is 9.46. The number of methoxy groups -OCH3 is 1. The lowest BCUT2D eigenvalue weighted by Gasteiger charge is -2.18. The van der Waals surface area contributed by atoms with E-state index < -0.39 is 0 Å². The van der Waals surface area contributed by atoms with Crippen LogP contribution in [-0.2, 0) is 19.0 Å². The molecule has 2 aliphatic heterocycles. The van der Waals surface area contributed by atoms with Gasteiger partial charge in [0.15, 0.2) is 0 Å². The average Bonchev–Trinajstić information content (AvgIpc) is 3.35. The molecule has 1 aromatic heterocycles. The normalized spacial score (nSPS) is 25.0. The molecule has 4 rings (SSSR count). The van der Waals surface area contributed by atoms with Gasteiger partial charge in [0.25, 0.3) is 0 Å². The van der Waals surface area contributed by atoms with Crippen LogP contribution in [0.1, 0.15) is 0 Å². The Labute approximate surface area is 175 Å². The molecule has 1 aromatic carbocycles. The van der Waals surface area contributed by atoms with Crippen LogP contribution in [-0.4, -0.2) is 86.2 Å². The fraction of sp³-hybridized carbons (Fsp3) is 0.476. The van der Waals surface area contributed by atoms with Crippen molar-refractivity contribution >= 4 is 11.9 Å². The lowest BCUT2D eigenvalue weighted by atomic mass is 10.1. The first kappa shape index (κ1) is 20.5. The van der Waals surface area contributed by atoms with Gasteiger partial charge in [-0.15, -0.1) is 0 Å². The summed E-state index contributed by atoms with van der Waals surface area (Å²) in [5, 5.41) is 3.32. The van der Waals surface area contributed by atoms with Gasteiger partial charge >= 0.3 is 0 Å². The standard InChI is InChI=1S/C21H26N4O5/c1-25(2)18(26)12-28-17-11-30-19-16(10-29-20(17)19)24-21-22-9-8-15(23-21)13-4-6-14(27-3)7-5-13/h4-9,16-17,19-20H,10-12H2,1-3H3,(H,22,23,24)/t16-,17-,19-,20+/m0/s1. The maximum atomic E-state index is 11.8. The number of ether oxygens (including phenoxy) is 4. The van der Waals surface area contributed by atoms with Crippen molar-refractivity contribution in [2.24, 2.45) is 0 Å². The molecule has 4 atom stereocenters. The van der Waals surface area contributed by atoms with E-state index in [9.17, 15) is 4.79 Å². The van der Waals surface area contributed by atoms with E-state index in [4.69, 9.17) is 18.9 Å². The average molecular weight is 414 g/mol. The Bertz CT molecular complexity index is 876. The van der Waals surface area contributed by atoms with Crippen molar-refractivity contribution < 1.29 is 23.7 Å². The minimum absolute atomic E-state index is 0.0126. The third-order valence-electron chi connectivity index (χ3n) is 5.28. The highest BCUT2D eigenvalue weighted by atomic mass is 16.6. The van der Waals surface area contributed by atoms with E-state index in [1.54, 1.807) is 27.4 Å². The SMILES string of the molecule is COc1ccc(-c2ccnc(N[C@H]3CO[C@H]4[C@H]3OC[C@@H]4OCC(=O)N(C)C)n2)cc1. The van der Waals surface area contributed by atoms with Crippen LogP contribution in [0, 0.1) is 0 Å². The second kappa shape index (κ2) is 8.95. The molecular formula is C21H26N4O5. The molecule has 9 heteroatoms. The van der Waals surface area contributed by atoms with Gasteiger partial charge in [-0.05, 0) is 30.3 Å². The fourth-order valence-corrected chi connectivity index (χ4v) is 3.55. The number of carbonyl (C=O) groups excluding carboxylic acids is 1. The van der Waals surface area contributed by atoms with Gasteiger partial charge in [-0.3, -0.25) is 4.79 Å². The number of nitrogens with zero attached hydrogens (tertiary/aromatic N) is 3. The van der Waals surface area contributed by atoms with Crippen molar-refractivity contribution in [1.29, 1.82) is 0 Å². The molecule has 0 unspecified atom stereocenters. The highest BCUT2D eigenvalue weighted by Gasteiger charge is 2.48. The van der Waals surface area contributed by atoms with E-state index in [-0.39, 0.29) is 36.9 Å². The molecule has 30 heavy (non-hydrogen) atoms. The highest BCUT2D eigenvalue weighted by Crippen LogP contribution is 2.30. The minimum Gasteiger partial charge on any atom is -0.497 e. The molecule has 1 amide bonds. The first-order valence-corrected chi connectivity index (χ1v) is 9.84. The molecule has 0 bridgehead atoms. The first-order valence-electron chi connectivity index (χ1n) is 9.84. The van der Waals surface area contributed by atoms with Crippen molar-refractivity contribution in [3.8, 4) is 17.0 Å². The topological polar surface area (TPSA) is 95.0 Å². The molecule has 2 saturated heterocycles. The smallest absolute Gasteiger partial charge is 0.248 e. The van der Waals surface area contributed by atoms with Crippen molar-refractivity contribution in [3.05, 3.63) is 36.5 Å². The van der Waals surface area contributed by atoms with E-state index in [1.165, 1.54) is 4.90 Å². The van der Waals surface area contributed by atoms with Gasteiger partial charge < -0.3 is 29.2 Å². The Morgan fingerprint density at radius 2 is 1.93 bits per heavy atom. The Balaban J connectivity index is 1.38. The number of likely N-dealkylation sites (N-methyl/N-ethyl adjacent to an activating group) is 1. The monoisotopic (exact) mass is 414 g/mol. The number of nitrogens with one attached hydrogen (secondary N) is 1. The fourth-order valence-electron chi connectivity index (χ4n) is 3.55. The molecule has 0 saturated carbocycles. The summed E-state index contributed by atoms with van der Waals surface area (Å²) >= 11 is 0. The molecule has 2 fully saturated rings. The van der Waals surface area contributed by atoms with Crippen LogP contribution < -0.4 is 10.1 Å². The quantitative estimate of drug-likeness (QED) is 0.722. The minimum atomic E-state index is -0.266. The second-order valence-electron chi connectivity index (χ2n) is 7.48. The van der Waals surface area contributed by atoms with Crippen molar-refractivity contribution in [3.63, 3.8) is 0 Å². The Kier molecular flexibility index (Phi) is 6.12. The predicted molar refractivity (Wildman–Crippen MR) is 109 cm³/mol. The molecule has 9 nitrogen and oxygen atoms in total. The number of anilines is 1. The lowest BCUT2D eigenvalue weighted by Crippen LogP contribution is -2.38. The zero-order valence-corrected chi connectivity index (χ0v) is 17.3. The maximum absolute atomic E-state index is 11.8. The van der Waals surface area contributed by atoms with Crippen LogP contribution in [0.5, 0.6) is 5.75 Å². The highest BCUT2D eigenvalue weighted by molar-refractivity contribution is 5.76. The van der Waals surface area contributed by atoms with Crippen LogP contribution in [0.25, 0.3) is 11.3 Å². The third-order valence-corrected chi connectivity index (χ3v) is 5.28. The number of hydrogen-bond donors (Lipinski definition) is 1. The van der Waals surface area contributed by atoms with Crippen molar-refractivity contribution in [1.82, 2.24) is 14.9 Å². The summed E-state index contributed by atoms with van der Waals surface area (Å²) in [4.78, 5) is 22.2. The van der Waals surface area contributed by atoms with Gasteiger partial charge in [-0.1, -0.05) is 0 Å². The number of aromatic nitrogens is 2. The third kappa shape index (κ3) is 4.38. The van der Waals surface area contributed by atoms with Gasteiger partial charge in [0.1, 0.15) is 30.7 Å². The van der Waals surface area contributed by atoms with Gasteiger partial charge in [-0.25, -0.2) is 9.97 Å². The number of fused-ring (bicyclic) bond motifs is 1. The zero-order chi connectivity index (χ0) is 21.1. The molecular weight excluding hydrogens is 388 g/mol. The number of hydrogen-bond acceptors (Lipinski definition) is 8. The molecule has 2 aliphatic rings. The number of rotatable bonds is 7. The van der Waals surface area contributed by atoms with E-state index in [1.807, 2.05) is 30.3 Å². The summed E-state index contributed by atoms with van der Waals surface area (Å²) in [7, 11) is 5.04.